The summed E-state index contributed by atoms with van der Waals surface area (Å²) in [4.78, 5) is -0.738. The van der Waals surface area contributed by atoms with Crippen LogP contribution in [-0.2, 0) is 30.4 Å². The van der Waals surface area contributed by atoms with E-state index in [9.17, 15) is 39.5 Å². The van der Waals surface area contributed by atoms with Crippen molar-refractivity contribution in [1.29, 1.82) is 0 Å². The first-order chi connectivity index (χ1) is 20.8. The Bertz CT molecular complexity index is 1790. The minimum absolute atomic E-state index is 0.0501. The van der Waals surface area contributed by atoms with Crippen molar-refractivity contribution in [3.05, 3.63) is 95.6 Å². The predicted molar refractivity (Wildman–Crippen MR) is 167 cm³/mol. The molecule has 18 heteroatoms. The van der Waals surface area contributed by atoms with E-state index >= 15 is 0 Å². The maximum Gasteiger partial charge on any atom is 0.294 e. The van der Waals surface area contributed by atoms with Crippen molar-refractivity contribution in [1.82, 2.24) is 5.32 Å². The van der Waals surface area contributed by atoms with Crippen LogP contribution in [0.1, 0.15) is 26.7 Å². The fraction of sp³-hybridized carbons (Fsp3) is 0.333. The molecule has 0 radical (unpaired) electrons. The number of rotatable bonds is 15. The van der Waals surface area contributed by atoms with Gasteiger partial charge in [-0.15, -0.1) is 11.7 Å². The van der Waals surface area contributed by atoms with Gasteiger partial charge in [-0.2, -0.15) is 40.6 Å². The van der Waals surface area contributed by atoms with Crippen molar-refractivity contribution < 1.29 is 44.0 Å². The van der Waals surface area contributed by atoms with Crippen LogP contribution in [0.15, 0.2) is 121 Å². The number of azo groups is 2. The molecule has 1 aromatic carbocycles. The second-order valence-electron chi connectivity index (χ2n) is 9.93. The van der Waals surface area contributed by atoms with E-state index in [1.807, 2.05) is 0 Å². The van der Waals surface area contributed by atoms with E-state index in [2.05, 4.69) is 38.9 Å². The molecule has 0 saturated heterocycles. The molecule has 0 fully saturated rings. The van der Waals surface area contributed by atoms with Gasteiger partial charge in [-0.1, -0.05) is 25.7 Å². The third kappa shape index (κ3) is 11.2. The topological polar surface area (TPSA) is 245 Å². The Labute approximate surface area is 262 Å². The number of aliphatic hydroxyl groups excluding tert-OH is 1. The minimum atomic E-state index is -4.56. The highest BCUT2D eigenvalue weighted by Gasteiger charge is 2.30. The molecule has 45 heavy (non-hydrogen) atoms. The van der Waals surface area contributed by atoms with Gasteiger partial charge in [0, 0.05) is 18.7 Å². The Hall–Kier alpha value is -3.81. The lowest BCUT2D eigenvalue weighted by molar-refractivity contribution is 0.397. The number of nitrogens with one attached hydrogen (secondary N) is 1. The Morgan fingerprint density at radius 2 is 1.71 bits per heavy atom. The monoisotopic (exact) mass is 685 g/mol. The lowest BCUT2D eigenvalue weighted by atomic mass is 9.93. The van der Waals surface area contributed by atoms with Gasteiger partial charge < -0.3 is 10.4 Å². The highest BCUT2D eigenvalue weighted by Crippen LogP contribution is 2.30. The van der Waals surface area contributed by atoms with Crippen LogP contribution in [-0.4, -0.2) is 62.4 Å². The Morgan fingerprint density at radius 3 is 2.20 bits per heavy atom. The van der Waals surface area contributed by atoms with Crippen LogP contribution in [0.5, 0.6) is 0 Å². The van der Waals surface area contributed by atoms with E-state index in [0.29, 0.717) is 0 Å². The third-order valence-corrected chi connectivity index (χ3v) is 9.72. The van der Waals surface area contributed by atoms with E-state index in [0.717, 1.165) is 25.1 Å². The van der Waals surface area contributed by atoms with Gasteiger partial charge in [0.25, 0.3) is 30.4 Å². The fourth-order valence-electron chi connectivity index (χ4n) is 4.00. The second kappa shape index (κ2) is 15.5. The zero-order valence-electron chi connectivity index (χ0n) is 24.6. The summed E-state index contributed by atoms with van der Waals surface area (Å²) in [5.41, 5.74) is 0.611. The van der Waals surface area contributed by atoms with Crippen molar-refractivity contribution in [2.45, 2.75) is 42.9 Å². The van der Waals surface area contributed by atoms with Gasteiger partial charge >= 0.3 is 0 Å². The summed E-state index contributed by atoms with van der Waals surface area (Å²) in [5.74, 6) is -1.43. The summed E-state index contributed by atoms with van der Waals surface area (Å²) in [6.07, 6.45) is 6.84. The SMILES string of the molecule is C=CC(N=Nc1ccc(S(=O)(=O)O)cc1)C(C)C(=C/N=NC1=CCC(CC(C(=C)NC)S(=O)(=O)O)C=C1O)/C=C(\C)S(=O)(=O)O. The second-order valence-corrected chi connectivity index (χ2v) is 14.5. The molecule has 0 amide bonds. The van der Waals surface area contributed by atoms with E-state index in [-0.39, 0.29) is 46.2 Å². The number of hydrogen-bond acceptors (Lipinski definition) is 12. The average Bonchev–Trinajstić information content (AvgIpc) is 2.94. The Balaban J connectivity index is 2.34. The number of aliphatic hydroxyl groups is 1. The van der Waals surface area contributed by atoms with Crippen LogP contribution >= 0.6 is 0 Å². The van der Waals surface area contributed by atoms with Crippen LogP contribution in [0.4, 0.5) is 5.69 Å². The summed E-state index contributed by atoms with van der Waals surface area (Å²) >= 11 is 0. The molecule has 5 N–H and O–H groups in total. The first-order valence-corrected chi connectivity index (χ1v) is 17.5. The average molecular weight is 686 g/mol. The summed E-state index contributed by atoms with van der Waals surface area (Å²) in [5, 5.41) is 28.0. The molecule has 246 valence electrons. The zero-order valence-corrected chi connectivity index (χ0v) is 27.0. The van der Waals surface area contributed by atoms with Crippen molar-refractivity contribution in [3.8, 4) is 0 Å². The van der Waals surface area contributed by atoms with Crippen molar-refractivity contribution in [3.63, 3.8) is 0 Å². The first kappa shape index (κ1) is 37.4. The molecule has 0 aromatic heterocycles. The maximum absolute atomic E-state index is 11.8. The molecule has 0 spiro atoms. The fourth-order valence-corrected chi connectivity index (χ4v) is 5.73. The van der Waals surface area contributed by atoms with Gasteiger partial charge in [0.05, 0.1) is 27.7 Å². The summed E-state index contributed by atoms with van der Waals surface area (Å²) < 4.78 is 97.7. The molecule has 0 aliphatic heterocycles. The molecule has 0 heterocycles. The van der Waals surface area contributed by atoms with Gasteiger partial charge in [0.2, 0.25) is 0 Å². The molecular weight excluding hydrogens is 651 g/mol. The molecular formula is C27H35N5O10S3. The molecule has 1 aliphatic carbocycles. The van der Waals surface area contributed by atoms with Crippen molar-refractivity contribution in [2.24, 2.45) is 32.3 Å². The van der Waals surface area contributed by atoms with Gasteiger partial charge in [0.15, 0.2) is 0 Å². The highest BCUT2D eigenvalue weighted by molar-refractivity contribution is 7.89. The molecule has 1 aromatic rings. The number of hydrogen-bond donors (Lipinski definition) is 5. The van der Waals surface area contributed by atoms with Crippen LogP contribution < -0.4 is 5.32 Å². The summed E-state index contributed by atoms with van der Waals surface area (Å²) in [6, 6.07) is 4.12. The molecule has 0 bridgehead atoms. The van der Waals surface area contributed by atoms with Gasteiger partial charge in [0.1, 0.15) is 16.7 Å². The molecule has 1 aliphatic rings. The third-order valence-electron chi connectivity index (χ3n) is 6.73. The molecule has 2 rings (SSSR count). The predicted octanol–water partition coefficient (Wildman–Crippen LogP) is 5.06. The highest BCUT2D eigenvalue weighted by atomic mass is 32.2. The number of nitrogens with zero attached hydrogens (tertiary/aromatic N) is 4. The van der Waals surface area contributed by atoms with Gasteiger partial charge in [-0.3, -0.25) is 13.7 Å². The van der Waals surface area contributed by atoms with Crippen molar-refractivity contribution in [2.75, 3.05) is 7.05 Å². The van der Waals surface area contributed by atoms with E-state index in [1.54, 1.807) is 6.92 Å². The van der Waals surface area contributed by atoms with Gasteiger partial charge in [-0.05, 0) is 67.7 Å². The molecule has 4 atom stereocenters. The summed E-state index contributed by atoms with van der Waals surface area (Å²) in [7, 11) is -11.9. The smallest absolute Gasteiger partial charge is 0.294 e. The number of benzene rings is 1. The van der Waals surface area contributed by atoms with Crippen LogP contribution in [0.25, 0.3) is 0 Å². The standard InChI is InChI=1S/C27H35N5O10S3/c1-6-24(32-30-22-8-10-23(11-9-22)44(37,38)39)18(3)21(13-17(2)43(34,35)36)16-29-31-25-12-7-20(14-26(25)33)15-27(19(4)28-5)45(40,41)42/h6,8-14,16,18,20,24,27-28,33H,1,4,7,15H2,2-3,5H3,(H,34,35,36)(H,37,38,39)(H,40,41,42)/b17-13+,21-16+,31-29?,32-30?. The molecule has 0 saturated carbocycles. The lowest BCUT2D eigenvalue weighted by Crippen LogP contribution is -2.30. The zero-order chi connectivity index (χ0) is 34.2. The quantitative estimate of drug-likeness (QED) is 0.0706. The van der Waals surface area contributed by atoms with Gasteiger partial charge in [-0.25, -0.2) is 0 Å². The normalized spacial score (nSPS) is 19.1. The summed E-state index contributed by atoms with van der Waals surface area (Å²) in [6.45, 7) is 10.1. The number of allylic oxidation sites excluding steroid dienone is 4. The van der Waals surface area contributed by atoms with Crippen LogP contribution in [0, 0.1) is 11.8 Å². The Morgan fingerprint density at radius 1 is 1.09 bits per heavy atom. The maximum atomic E-state index is 11.8. The largest absolute Gasteiger partial charge is 0.506 e. The Kier molecular flexibility index (Phi) is 12.8. The molecule has 15 nitrogen and oxygen atoms in total. The van der Waals surface area contributed by atoms with Crippen LogP contribution in [0.2, 0.25) is 0 Å². The molecule has 4 unspecified atom stereocenters. The van der Waals surface area contributed by atoms with Crippen molar-refractivity contribution >= 4 is 36.0 Å². The van der Waals surface area contributed by atoms with E-state index < -0.39 is 58.4 Å². The van der Waals surface area contributed by atoms with Crippen LogP contribution in [0.3, 0.4) is 0 Å². The van der Waals surface area contributed by atoms with E-state index in [1.165, 1.54) is 43.6 Å². The van der Waals surface area contributed by atoms with E-state index in [4.69, 9.17) is 4.55 Å². The minimum Gasteiger partial charge on any atom is -0.506 e. The first-order valence-electron chi connectivity index (χ1n) is 13.1. The lowest BCUT2D eigenvalue weighted by Gasteiger charge is -2.22.